The number of primary amides is 1. The molecule has 0 atom stereocenters. The molecule has 1 fully saturated rings. The van der Waals surface area contributed by atoms with E-state index in [0.29, 0.717) is 23.8 Å². The molecule has 1 aliphatic rings. The van der Waals surface area contributed by atoms with Crippen LogP contribution in [0.4, 0.5) is 5.82 Å². The van der Waals surface area contributed by atoms with Crippen molar-refractivity contribution >= 4 is 17.4 Å². The first kappa shape index (κ1) is 13.7. The van der Waals surface area contributed by atoms with Gasteiger partial charge in [-0.1, -0.05) is 12.1 Å². The highest BCUT2D eigenvalue weighted by molar-refractivity contribution is 5.92. The number of hydrogen-bond donors (Lipinski definition) is 2. The number of fused-ring (bicyclic) bond motifs is 1. The Balaban J connectivity index is 1.54. The first-order valence-electron chi connectivity index (χ1n) is 7.54. The molecule has 0 unspecified atom stereocenters. The van der Waals surface area contributed by atoms with E-state index in [-0.39, 0.29) is 0 Å². The molecule has 0 radical (unpaired) electrons. The highest BCUT2D eigenvalue weighted by Gasteiger charge is 2.29. The van der Waals surface area contributed by atoms with Crippen LogP contribution in [0.15, 0.2) is 36.7 Å². The van der Waals surface area contributed by atoms with E-state index in [9.17, 15) is 4.79 Å². The van der Waals surface area contributed by atoms with Gasteiger partial charge in [0.1, 0.15) is 5.82 Å². The summed E-state index contributed by atoms with van der Waals surface area (Å²) >= 11 is 0. The summed E-state index contributed by atoms with van der Waals surface area (Å²) in [6.07, 6.45) is 6.01. The largest absolute Gasteiger partial charge is 0.366 e. The molecule has 23 heavy (non-hydrogen) atoms. The SMILES string of the molecule is NC(=O)c1ccc(CNc2nccn3c(C4CC4)nnc23)cc1. The number of amides is 1. The summed E-state index contributed by atoms with van der Waals surface area (Å²) in [5.41, 5.74) is 7.51. The Labute approximate surface area is 132 Å². The lowest BCUT2D eigenvalue weighted by molar-refractivity contribution is 0.100. The lowest BCUT2D eigenvalue weighted by Gasteiger charge is -2.07. The minimum Gasteiger partial charge on any atom is -0.366 e. The van der Waals surface area contributed by atoms with Crippen LogP contribution >= 0.6 is 0 Å². The molecule has 1 saturated carbocycles. The van der Waals surface area contributed by atoms with Crippen molar-refractivity contribution in [1.82, 2.24) is 19.6 Å². The third-order valence-electron chi connectivity index (χ3n) is 3.99. The molecule has 0 spiro atoms. The van der Waals surface area contributed by atoms with E-state index in [1.807, 2.05) is 22.7 Å². The smallest absolute Gasteiger partial charge is 0.248 e. The highest BCUT2D eigenvalue weighted by atomic mass is 16.1. The van der Waals surface area contributed by atoms with Gasteiger partial charge in [0, 0.05) is 30.4 Å². The zero-order valence-electron chi connectivity index (χ0n) is 12.4. The first-order chi connectivity index (χ1) is 11.2. The molecular formula is C16H16N6O. The van der Waals surface area contributed by atoms with Gasteiger partial charge in [0.2, 0.25) is 11.6 Å². The number of benzene rings is 1. The van der Waals surface area contributed by atoms with E-state index in [2.05, 4.69) is 20.5 Å². The third-order valence-corrected chi connectivity index (χ3v) is 3.99. The second-order valence-corrected chi connectivity index (χ2v) is 5.72. The number of rotatable bonds is 5. The molecule has 116 valence electrons. The fraction of sp³-hybridized carbons (Fsp3) is 0.250. The predicted molar refractivity (Wildman–Crippen MR) is 85.0 cm³/mol. The summed E-state index contributed by atoms with van der Waals surface area (Å²) in [4.78, 5) is 15.4. The molecule has 7 nitrogen and oxygen atoms in total. The van der Waals surface area contributed by atoms with Crippen LogP contribution in [0.3, 0.4) is 0 Å². The topological polar surface area (TPSA) is 98.2 Å². The second kappa shape index (κ2) is 5.35. The lowest BCUT2D eigenvalue weighted by atomic mass is 10.1. The monoisotopic (exact) mass is 308 g/mol. The normalized spacial score (nSPS) is 14.1. The average molecular weight is 308 g/mol. The van der Waals surface area contributed by atoms with Crippen LogP contribution in [-0.4, -0.2) is 25.5 Å². The standard InChI is InChI=1S/C16H16N6O/c17-13(23)11-3-1-10(2-4-11)9-19-14-16-21-20-15(12-5-6-12)22(16)8-7-18-14/h1-4,7-8,12H,5-6,9H2,(H2,17,23)(H,18,19). The molecule has 0 bridgehead atoms. The Hall–Kier alpha value is -2.96. The fourth-order valence-electron chi connectivity index (χ4n) is 2.56. The van der Waals surface area contributed by atoms with Gasteiger partial charge in [-0.05, 0) is 30.5 Å². The number of nitrogens with one attached hydrogen (secondary N) is 1. The average Bonchev–Trinajstić information content (AvgIpc) is 3.32. The molecule has 0 aliphatic heterocycles. The number of carbonyl (C=O) groups excluding carboxylic acids is 1. The van der Waals surface area contributed by atoms with Gasteiger partial charge in [0.25, 0.3) is 0 Å². The predicted octanol–water partition coefficient (Wildman–Crippen LogP) is 1.71. The molecule has 4 rings (SSSR count). The minimum atomic E-state index is -0.424. The van der Waals surface area contributed by atoms with E-state index < -0.39 is 5.91 Å². The van der Waals surface area contributed by atoms with Gasteiger partial charge >= 0.3 is 0 Å². The molecule has 7 heteroatoms. The Morgan fingerprint density at radius 2 is 2.04 bits per heavy atom. The van der Waals surface area contributed by atoms with Crippen LogP contribution in [0, 0.1) is 0 Å². The van der Waals surface area contributed by atoms with E-state index in [1.165, 1.54) is 12.8 Å². The van der Waals surface area contributed by atoms with E-state index in [0.717, 1.165) is 17.0 Å². The van der Waals surface area contributed by atoms with Crippen LogP contribution in [0.25, 0.3) is 5.65 Å². The molecule has 2 heterocycles. The van der Waals surface area contributed by atoms with E-state index in [4.69, 9.17) is 5.73 Å². The van der Waals surface area contributed by atoms with Crippen molar-refractivity contribution in [2.45, 2.75) is 25.3 Å². The first-order valence-corrected chi connectivity index (χ1v) is 7.54. The van der Waals surface area contributed by atoms with Crippen LogP contribution in [0.1, 0.15) is 40.5 Å². The Bertz CT molecular complexity index is 866. The minimum absolute atomic E-state index is 0.424. The van der Waals surface area contributed by atoms with E-state index >= 15 is 0 Å². The number of anilines is 1. The van der Waals surface area contributed by atoms with Crippen molar-refractivity contribution in [2.24, 2.45) is 5.73 Å². The Morgan fingerprint density at radius 3 is 2.74 bits per heavy atom. The fourth-order valence-corrected chi connectivity index (χ4v) is 2.56. The maximum atomic E-state index is 11.1. The number of hydrogen-bond acceptors (Lipinski definition) is 5. The summed E-state index contributed by atoms with van der Waals surface area (Å²) in [5.74, 6) is 1.82. The summed E-state index contributed by atoms with van der Waals surface area (Å²) in [6, 6.07) is 7.17. The maximum absolute atomic E-state index is 11.1. The van der Waals surface area contributed by atoms with Crippen LogP contribution in [0.2, 0.25) is 0 Å². The van der Waals surface area contributed by atoms with Crippen LogP contribution in [0.5, 0.6) is 0 Å². The van der Waals surface area contributed by atoms with Crippen molar-refractivity contribution in [3.8, 4) is 0 Å². The number of nitrogens with zero attached hydrogens (tertiary/aromatic N) is 4. The third kappa shape index (κ3) is 2.61. The second-order valence-electron chi connectivity index (χ2n) is 5.72. The zero-order valence-corrected chi connectivity index (χ0v) is 12.4. The summed E-state index contributed by atoms with van der Waals surface area (Å²) in [7, 11) is 0. The molecule has 1 amide bonds. The molecule has 3 N–H and O–H groups in total. The van der Waals surface area contributed by atoms with Gasteiger partial charge in [-0.3, -0.25) is 9.20 Å². The van der Waals surface area contributed by atoms with Gasteiger partial charge in [0.15, 0.2) is 5.82 Å². The van der Waals surface area contributed by atoms with Crippen molar-refractivity contribution in [3.05, 3.63) is 53.6 Å². The molecule has 3 aromatic rings. The van der Waals surface area contributed by atoms with Crippen molar-refractivity contribution < 1.29 is 4.79 Å². The van der Waals surface area contributed by atoms with E-state index in [1.54, 1.807) is 18.3 Å². The van der Waals surface area contributed by atoms with Gasteiger partial charge in [-0.15, -0.1) is 10.2 Å². The van der Waals surface area contributed by atoms with Crippen molar-refractivity contribution in [2.75, 3.05) is 5.32 Å². The zero-order chi connectivity index (χ0) is 15.8. The van der Waals surface area contributed by atoms with Gasteiger partial charge in [0.05, 0.1) is 0 Å². The number of aromatic nitrogens is 4. The molecule has 2 aromatic heterocycles. The molecule has 0 saturated heterocycles. The van der Waals surface area contributed by atoms with Gasteiger partial charge in [-0.25, -0.2) is 4.98 Å². The molecular weight excluding hydrogens is 292 g/mol. The van der Waals surface area contributed by atoms with Crippen molar-refractivity contribution in [1.29, 1.82) is 0 Å². The summed E-state index contributed by atoms with van der Waals surface area (Å²) in [5, 5.41) is 11.8. The summed E-state index contributed by atoms with van der Waals surface area (Å²) in [6.45, 7) is 0.581. The van der Waals surface area contributed by atoms with Crippen LogP contribution in [-0.2, 0) is 6.54 Å². The Kier molecular flexibility index (Phi) is 3.18. The maximum Gasteiger partial charge on any atom is 0.248 e. The van der Waals surface area contributed by atoms with Gasteiger partial charge in [-0.2, -0.15) is 0 Å². The number of nitrogens with two attached hydrogens (primary N) is 1. The highest BCUT2D eigenvalue weighted by Crippen LogP contribution is 2.39. The quantitative estimate of drug-likeness (QED) is 0.747. The molecule has 1 aromatic carbocycles. The van der Waals surface area contributed by atoms with Crippen molar-refractivity contribution in [3.63, 3.8) is 0 Å². The summed E-state index contributed by atoms with van der Waals surface area (Å²) < 4.78 is 2.00. The lowest BCUT2D eigenvalue weighted by Crippen LogP contribution is -2.11. The molecule has 1 aliphatic carbocycles. The van der Waals surface area contributed by atoms with Gasteiger partial charge < -0.3 is 11.1 Å². The van der Waals surface area contributed by atoms with Crippen LogP contribution < -0.4 is 11.1 Å². The Morgan fingerprint density at radius 1 is 1.26 bits per heavy atom. The number of carbonyl (C=O) groups is 1.